The van der Waals surface area contributed by atoms with Gasteiger partial charge in [-0.05, 0) is 0 Å². The van der Waals surface area contributed by atoms with Gasteiger partial charge in [0.2, 0.25) is 0 Å². The van der Waals surface area contributed by atoms with Crippen LogP contribution in [0.1, 0.15) is 12.8 Å². The highest BCUT2D eigenvalue weighted by atomic mass is 16.5. The van der Waals surface area contributed by atoms with Gasteiger partial charge in [0.15, 0.2) is 0 Å². The highest BCUT2D eigenvalue weighted by molar-refractivity contribution is 5.83. The van der Waals surface area contributed by atoms with Crippen LogP contribution in [0.25, 0.3) is 0 Å². The molecule has 1 heterocycles. The van der Waals surface area contributed by atoms with Crippen molar-refractivity contribution < 1.29 is 38.1 Å². The molecular formula is C16H26N2O8. The van der Waals surface area contributed by atoms with E-state index >= 15 is 0 Å². The largest absolute Gasteiger partial charge is 0.469 e. The van der Waals surface area contributed by atoms with E-state index in [9.17, 15) is 19.2 Å². The van der Waals surface area contributed by atoms with Crippen LogP contribution in [0.3, 0.4) is 0 Å². The second-order valence-corrected chi connectivity index (χ2v) is 5.71. The van der Waals surface area contributed by atoms with Gasteiger partial charge in [-0.15, -0.1) is 0 Å². The van der Waals surface area contributed by atoms with E-state index in [-0.39, 0.29) is 12.8 Å². The van der Waals surface area contributed by atoms with Gasteiger partial charge in [0.05, 0.1) is 41.3 Å². The molecule has 0 aromatic heterocycles. The van der Waals surface area contributed by atoms with Crippen LogP contribution >= 0.6 is 0 Å². The maximum Gasteiger partial charge on any atom is 0.323 e. The van der Waals surface area contributed by atoms with E-state index in [2.05, 4.69) is 9.47 Å². The van der Waals surface area contributed by atoms with Crippen molar-refractivity contribution >= 4 is 23.9 Å². The quantitative estimate of drug-likeness (QED) is 0.380. The first-order valence-corrected chi connectivity index (χ1v) is 8.15. The molecule has 148 valence electrons. The molecule has 0 aromatic carbocycles. The smallest absolute Gasteiger partial charge is 0.323 e. The minimum Gasteiger partial charge on any atom is -0.469 e. The third kappa shape index (κ3) is 5.95. The number of carbonyl (C=O) groups is 4. The summed E-state index contributed by atoms with van der Waals surface area (Å²) in [6.45, 7) is 1.63. The van der Waals surface area contributed by atoms with Crippen LogP contribution in [0.2, 0.25) is 0 Å². The number of piperazine rings is 1. The van der Waals surface area contributed by atoms with Crippen LogP contribution in [-0.4, -0.2) is 100 Å². The summed E-state index contributed by atoms with van der Waals surface area (Å²) in [4.78, 5) is 50.7. The maximum absolute atomic E-state index is 12.0. The lowest BCUT2D eigenvalue weighted by molar-refractivity contribution is -0.157. The number of hydrogen-bond donors (Lipinski definition) is 0. The highest BCUT2D eigenvalue weighted by Gasteiger charge is 2.36. The SMILES string of the molecule is COC(=O)CC(C(=O)OC)N1CCN(C(CC(=O)OC)C(=O)OC)CC1. The molecule has 1 rings (SSSR count). The molecule has 10 nitrogen and oxygen atoms in total. The van der Waals surface area contributed by atoms with Crippen LogP contribution in [0.5, 0.6) is 0 Å². The van der Waals surface area contributed by atoms with Gasteiger partial charge in [0.1, 0.15) is 12.1 Å². The molecule has 0 spiro atoms. The predicted molar refractivity (Wildman–Crippen MR) is 88.0 cm³/mol. The number of methoxy groups -OCH3 is 4. The Morgan fingerprint density at radius 3 is 1.19 bits per heavy atom. The molecule has 0 aromatic rings. The molecule has 0 N–H and O–H groups in total. The molecule has 10 heteroatoms. The molecule has 1 fully saturated rings. The van der Waals surface area contributed by atoms with E-state index in [0.717, 1.165) is 0 Å². The second kappa shape index (κ2) is 10.7. The number of hydrogen-bond acceptors (Lipinski definition) is 10. The molecule has 2 atom stereocenters. The molecular weight excluding hydrogens is 348 g/mol. The van der Waals surface area contributed by atoms with Gasteiger partial charge in [-0.1, -0.05) is 0 Å². The normalized spacial score (nSPS) is 17.7. The van der Waals surface area contributed by atoms with Crippen LogP contribution in [-0.2, 0) is 38.1 Å². The zero-order valence-corrected chi connectivity index (χ0v) is 15.6. The molecule has 0 saturated carbocycles. The van der Waals surface area contributed by atoms with Crippen LogP contribution in [0.15, 0.2) is 0 Å². The van der Waals surface area contributed by atoms with Crippen molar-refractivity contribution in [3.8, 4) is 0 Å². The maximum atomic E-state index is 12.0. The molecule has 0 aliphatic carbocycles. The topological polar surface area (TPSA) is 112 Å². The monoisotopic (exact) mass is 374 g/mol. The summed E-state index contributed by atoms with van der Waals surface area (Å²) in [6.07, 6.45) is -0.239. The zero-order chi connectivity index (χ0) is 19.7. The van der Waals surface area contributed by atoms with Crippen molar-refractivity contribution in [1.29, 1.82) is 0 Å². The minimum atomic E-state index is -0.758. The number of nitrogens with zero attached hydrogens (tertiary/aromatic N) is 2. The summed E-state index contributed by atoms with van der Waals surface area (Å²) in [5.74, 6) is -2.08. The van der Waals surface area contributed by atoms with E-state index in [1.165, 1.54) is 28.4 Å². The summed E-state index contributed by atoms with van der Waals surface area (Å²) in [6, 6.07) is -1.52. The Labute approximate surface area is 152 Å². The number of esters is 4. The fourth-order valence-corrected chi connectivity index (χ4v) is 2.84. The van der Waals surface area contributed by atoms with Gasteiger partial charge >= 0.3 is 23.9 Å². The first-order valence-electron chi connectivity index (χ1n) is 8.15. The Balaban J connectivity index is 2.77. The van der Waals surface area contributed by atoms with E-state index in [4.69, 9.17) is 9.47 Å². The Bertz CT molecular complexity index is 470. The van der Waals surface area contributed by atoms with Gasteiger partial charge in [0.25, 0.3) is 0 Å². The molecule has 0 amide bonds. The fourth-order valence-electron chi connectivity index (χ4n) is 2.84. The summed E-state index contributed by atoms with van der Waals surface area (Å²) in [7, 11) is 5.02. The first kappa shape index (κ1) is 21.8. The van der Waals surface area contributed by atoms with Gasteiger partial charge < -0.3 is 18.9 Å². The molecule has 0 radical (unpaired) electrons. The van der Waals surface area contributed by atoms with Crippen LogP contribution in [0, 0.1) is 0 Å². The molecule has 0 bridgehead atoms. The summed E-state index contributed by atoms with van der Waals surface area (Å²) >= 11 is 0. The Morgan fingerprint density at radius 1 is 0.654 bits per heavy atom. The molecule has 26 heavy (non-hydrogen) atoms. The number of ether oxygens (including phenoxy) is 4. The molecule has 1 saturated heterocycles. The van der Waals surface area contributed by atoms with Gasteiger partial charge in [-0.25, -0.2) is 0 Å². The third-order valence-electron chi connectivity index (χ3n) is 4.35. The van der Waals surface area contributed by atoms with Crippen molar-refractivity contribution in [2.75, 3.05) is 54.6 Å². The lowest BCUT2D eigenvalue weighted by atomic mass is 10.1. The van der Waals surface area contributed by atoms with Crippen molar-refractivity contribution in [1.82, 2.24) is 9.80 Å². The van der Waals surface area contributed by atoms with Gasteiger partial charge in [-0.2, -0.15) is 0 Å². The highest BCUT2D eigenvalue weighted by Crippen LogP contribution is 2.16. The Kier molecular flexibility index (Phi) is 9.00. The second-order valence-electron chi connectivity index (χ2n) is 5.71. The van der Waals surface area contributed by atoms with Crippen LogP contribution in [0.4, 0.5) is 0 Å². The van der Waals surface area contributed by atoms with E-state index < -0.39 is 36.0 Å². The molecule has 1 aliphatic rings. The Hall–Kier alpha value is -2.20. The van der Waals surface area contributed by atoms with Crippen molar-refractivity contribution in [2.24, 2.45) is 0 Å². The lowest BCUT2D eigenvalue weighted by Crippen LogP contribution is -2.57. The van der Waals surface area contributed by atoms with Crippen molar-refractivity contribution in [3.05, 3.63) is 0 Å². The predicted octanol–water partition coefficient (Wildman–Crippen LogP) is -1.19. The average molecular weight is 374 g/mol. The standard InChI is InChI=1S/C16H26N2O8/c1-23-13(19)9-11(15(21)25-3)17-5-7-18(8-6-17)12(16(22)26-4)10-14(20)24-2/h11-12H,5-10H2,1-4H3. The third-order valence-corrected chi connectivity index (χ3v) is 4.35. The van der Waals surface area contributed by atoms with E-state index in [1.807, 2.05) is 0 Å². The Morgan fingerprint density at radius 2 is 0.962 bits per heavy atom. The van der Waals surface area contributed by atoms with Crippen LogP contribution < -0.4 is 0 Å². The number of carbonyl (C=O) groups excluding carboxylic acids is 4. The summed E-state index contributed by atoms with van der Waals surface area (Å²) in [5, 5.41) is 0. The van der Waals surface area contributed by atoms with Crippen molar-refractivity contribution in [3.63, 3.8) is 0 Å². The van der Waals surface area contributed by atoms with Crippen molar-refractivity contribution in [2.45, 2.75) is 24.9 Å². The van der Waals surface area contributed by atoms with E-state index in [1.54, 1.807) is 9.80 Å². The minimum absolute atomic E-state index is 0.119. The molecule has 2 unspecified atom stereocenters. The first-order chi connectivity index (χ1) is 12.4. The summed E-state index contributed by atoms with van der Waals surface area (Å²) < 4.78 is 18.8. The summed E-state index contributed by atoms with van der Waals surface area (Å²) in [5.41, 5.74) is 0. The zero-order valence-electron chi connectivity index (χ0n) is 15.6. The number of rotatable bonds is 8. The molecule has 1 aliphatic heterocycles. The van der Waals surface area contributed by atoms with Gasteiger partial charge in [0, 0.05) is 26.2 Å². The van der Waals surface area contributed by atoms with E-state index in [0.29, 0.717) is 26.2 Å². The average Bonchev–Trinajstić information content (AvgIpc) is 2.68. The lowest BCUT2D eigenvalue weighted by Gasteiger charge is -2.40. The fraction of sp³-hybridized carbons (Fsp3) is 0.750. The van der Waals surface area contributed by atoms with Gasteiger partial charge in [-0.3, -0.25) is 29.0 Å².